The molecule has 3 nitrogen and oxygen atoms in total. The fourth-order valence-electron chi connectivity index (χ4n) is 2.10. The topological polar surface area (TPSA) is 34.9 Å². The van der Waals surface area contributed by atoms with E-state index in [1.165, 1.54) is 0 Å². The van der Waals surface area contributed by atoms with Gasteiger partial charge in [-0.25, -0.2) is 0 Å². The molecule has 0 radical (unpaired) electrons. The summed E-state index contributed by atoms with van der Waals surface area (Å²) in [5, 5.41) is 4.36. The fourth-order valence-corrected chi connectivity index (χ4v) is 2.35. The van der Waals surface area contributed by atoms with Crippen LogP contribution in [0, 0.1) is 13.8 Å². The van der Waals surface area contributed by atoms with Gasteiger partial charge in [-0.3, -0.25) is 9.48 Å². The molecule has 0 spiro atoms. The number of nitrogens with zero attached hydrogens (tertiary/aromatic N) is 2. The van der Waals surface area contributed by atoms with Crippen LogP contribution in [0.15, 0.2) is 28.7 Å². The number of aryl methyl sites for hydroxylation is 3. The molecule has 0 amide bonds. The first-order chi connectivity index (χ1) is 9.01. The molecule has 1 aromatic carbocycles. The maximum Gasteiger partial charge on any atom is 0.168 e. The summed E-state index contributed by atoms with van der Waals surface area (Å²) in [6, 6.07) is 7.68. The quantitative estimate of drug-likeness (QED) is 0.805. The van der Waals surface area contributed by atoms with Crippen molar-refractivity contribution in [1.29, 1.82) is 0 Å². The molecule has 1 aromatic heterocycles. The molecule has 100 valence electrons. The zero-order valence-electron chi connectivity index (χ0n) is 11.4. The van der Waals surface area contributed by atoms with Crippen molar-refractivity contribution in [3.63, 3.8) is 0 Å². The normalized spacial score (nSPS) is 10.7. The van der Waals surface area contributed by atoms with Crippen LogP contribution in [0.25, 0.3) is 0 Å². The van der Waals surface area contributed by atoms with E-state index in [1.54, 1.807) is 0 Å². The Morgan fingerprint density at radius 2 is 2.05 bits per heavy atom. The van der Waals surface area contributed by atoms with E-state index in [9.17, 15) is 4.79 Å². The second-order valence-corrected chi connectivity index (χ2v) is 5.51. The van der Waals surface area contributed by atoms with Crippen LogP contribution in [0.2, 0.25) is 0 Å². The zero-order chi connectivity index (χ0) is 14.0. The molecule has 19 heavy (non-hydrogen) atoms. The van der Waals surface area contributed by atoms with Crippen molar-refractivity contribution < 1.29 is 4.79 Å². The van der Waals surface area contributed by atoms with E-state index in [1.807, 2.05) is 49.7 Å². The van der Waals surface area contributed by atoms with Crippen LogP contribution in [0.1, 0.15) is 34.2 Å². The predicted octanol–water partition coefficient (Wildman–Crippen LogP) is 3.71. The van der Waals surface area contributed by atoms with E-state index in [2.05, 4.69) is 21.0 Å². The van der Waals surface area contributed by atoms with Crippen molar-refractivity contribution in [2.45, 2.75) is 33.7 Å². The molecule has 0 fully saturated rings. The Bertz CT molecular complexity index is 617. The smallest absolute Gasteiger partial charge is 0.168 e. The summed E-state index contributed by atoms with van der Waals surface area (Å²) in [5.41, 5.74) is 3.76. The summed E-state index contributed by atoms with van der Waals surface area (Å²) in [7, 11) is 0. The first kappa shape index (κ1) is 14.0. The minimum absolute atomic E-state index is 0.130. The Labute approximate surface area is 121 Å². The highest BCUT2D eigenvalue weighted by atomic mass is 79.9. The molecular formula is C15H17BrN2O. The average molecular weight is 321 g/mol. The number of rotatable bonds is 4. The van der Waals surface area contributed by atoms with Crippen LogP contribution in [-0.4, -0.2) is 15.6 Å². The van der Waals surface area contributed by atoms with E-state index in [0.717, 1.165) is 33.5 Å². The van der Waals surface area contributed by atoms with E-state index < -0.39 is 0 Å². The Balaban J connectivity index is 2.22. The van der Waals surface area contributed by atoms with Gasteiger partial charge >= 0.3 is 0 Å². The van der Waals surface area contributed by atoms with Gasteiger partial charge in [0, 0.05) is 22.3 Å². The minimum Gasteiger partial charge on any atom is -0.294 e. The van der Waals surface area contributed by atoms with E-state index in [4.69, 9.17) is 0 Å². The highest BCUT2D eigenvalue weighted by Gasteiger charge is 2.12. The number of aromatic nitrogens is 2. The van der Waals surface area contributed by atoms with Gasteiger partial charge in [0.15, 0.2) is 5.78 Å². The molecule has 0 aliphatic carbocycles. The van der Waals surface area contributed by atoms with Crippen LogP contribution >= 0.6 is 15.9 Å². The molecule has 4 heteroatoms. The third-order valence-electron chi connectivity index (χ3n) is 3.11. The third-order valence-corrected chi connectivity index (χ3v) is 4.00. The van der Waals surface area contributed by atoms with Gasteiger partial charge in [-0.05, 0) is 44.5 Å². The summed E-state index contributed by atoms with van der Waals surface area (Å²) in [6.45, 7) is 6.76. The van der Waals surface area contributed by atoms with Crippen LogP contribution in [-0.2, 0) is 13.0 Å². The van der Waals surface area contributed by atoms with Crippen molar-refractivity contribution in [1.82, 2.24) is 9.78 Å². The Morgan fingerprint density at radius 1 is 1.32 bits per heavy atom. The average Bonchev–Trinajstić information content (AvgIpc) is 2.72. The van der Waals surface area contributed by atoms with Crippen LogP contribution < -0.4 is 0 Å². The van der Waals surface area contributed by atoms with Gasteiger partial charge in [-0.15, -0.1) is 0 Å². The van der Waals surface area contributed by atoms with Crippen molar-refractivity contribution >= 4 is 21.7 Å². The summed E-state index contributed by atoms with van der Waals surface area (Å²) in [5.74, 6) is 0.130. The molecular weight excluding hydrogens is 304 g/mol. The summed E-state index contributed by atoms with van der Waals surface area (Å²) in [6.07, 6.45) is 0.399. The van der Waals surface area contributed by atoms with Crippen molar-refractivity contribution in [3.8, 4) is 0 Å². The van der Waals surface area contributed by atoms with Crippen LogP contribution in [0.3, 0.4) is 0 Å². The molecule has 0 unspecified atom stereocenters. The number of halogens is 1. The molecule has 0 bridgehead atoms. The van der Waals surface area contributed by atoms with Gasteiger partial charge in [-0.2, -0.15) is 5.10 Å². The minimum atomic E-state index is 0.130. The Kier molecular flexibility index (Phi) is 4.20. The predicted molar refractivity (Wildman–Crippen MR) is 79.6 cm³/mol. The number of carbonyl (C=O) groups is 1. The van der Waals surface area contributed by atoms with Crippen LogP contribution in [0.4, 0.5) is 0 Å². The van der Waals surface area contributed by atoms with Crippen molar-refractivity contribution in [2.24, 2.45) is 0 Å². The number of benzene rings is 1. The highest BCUT2D eigenvalue weighted by molar-refractivity contribution is 9.10. The maximum atomic E-state index is 12.3. The number of Topliss-reactive ketones (excluding diaryl/α,β-unsaturated/α-hetero) is 1. The maximum absolute atomic E-state index is 12.3. The van der Waals surface area contributed by atoms with Gasteiger partial charge < -0.3 is 0 Å². The van der Waals surface area contributed by atoms with Gasteiger partial charge in [0.25, 0.3) is 0 Å². The third kappa shape index (κ3) is 3.13. The lowest BCUT2D eigenvalue weighted by molar-refractivity contribution is 0.0990. The Morgan fingerprint density at radius 3 is 2.68 bits per heavy atom. The number of ketones is 1. The second-order valence-electron chi connectivity index (χ2n) is 4.66. The SMILES string of the molecule is CCn1nc(C)cc1CC(=O)c1ccc(Br)c(C)c1. The van der Waals surface area contributed by atoms with Gasteiger partial charge in [0.1, 0.15) is 0 Å². The van der Waals surface area contributed by atoms with Crippen molar-refractivity contribution in [2.75, 3.05) is 0 Å². The molecule has 0 saturated heterocycles. The summed E-state index contributed by atoms with van der Waals surface area (Å²) < 4.78 is 2.91. The van der Waals surface area contributed by atoms with Gasteiger partial charge in [0.05, 0.1) is 12.1 Å². The molecule has 0 atom stereocenters. The molecule has 2 aromatic rings. The molecule has 0 aliphatic heterocycles. The number of hydrogen-bond donors (Lipinski definition) is 0. The second kappa shape index (κ2) is 5.70. The monoisotopic (exact) mass is 320 g/mol. The van der Waals surface area contributed by atoms with Crippen LogP contribution in [0.5, 0.6) is 0 Å². The first-order valence-electron chi connectivity index (χ1n) is 6.34. The lowest BCUT2D eigenvalue weighted by atomic mass is 10.0. The zero-order valence-corrected chi connectivity index (χ0v) is 13.0. The summed E-state index contributed by atoms with van der Waals surface area (Å²) in [4.78, 5) is 12.3. The molecule has 0 aliphatic rings. The van der Waals surface area contributed by atoms with E-state index in [-0.39, 0.29) is 5.78 Å². The van der Waals surface area contributed by atoms with Gasteiger partial charge in [-0.1, -0.05) is 22.0 Å². The van der Waals surface area contributed by atoms with Crippen molar-refractivity contribution in [3.05, 3.63) is 51.3 Å². The summed E-state index contributed by atoms with van der Waals surface area (Å²) >= 11 is 3.45. The first-order valence-corrected chi connectivity index (χ1v) is 7.13. The lowest BCUT2D eigenvalue weighted by Crippen LogP contribution is -2.09. The molecule has 1 heterocycles. The largest absolute Gasteiger partial charge is 0.294 e. The lowest BCUT2D eigenvalue weighted by Gasteiger charge is -2.05. The standard InChI is InChI=1S/C15H17BrN2O/c1-4-18-13(8-11(3)17-18)9-15(19)12-5-6-14(16)10(2)7-12/h5-8H,4,9H2,1-3H3. The number of hydrogen-bond acceptors (Lipinski definition) is 2. The number of carbonyl (C=O) groups excluding carboxylic acids is 1. The fraction of sp³-hybridized carbons (Fsp3) is 0.333. The molecule has 2 rings (SSSR count). The van der Waals surface area contributed by atoms with E-state index >= 15 is 0 Å². The van der Waals surface area contributed by atoms with E-state index in [0.29, 0.717) is 6.42 Å². The highest BCUT2D eigenvalue weighted by Crippen LogP contribution is 2.18. The molecule has 0 saturated carbocycles. The van der Waals surface area contributed by atoms with Gasteiger partial charge in [0.2, 0.25) is 0 Å². The Hall–Kier alpha value is -1.42. The molecule has 0 N–H and O–H groups in total.